The molecule has 1 heterocycles. The van der Waals surface area contributed by atoms with E-state index in [1.807, 2.05) is 0 Å². The molecule has 90 valence electrons. The van der Waals surface area contributed by atoms with E-state index < -0.39 is 0 Å². The van der Waals surface area contributed by atoms with E-state index in [0.29, 0.717) is 12.7 Å². The van der Waals surface area contributed by atoms with E-state index in [0.717, 1.165) is 16.7 Å². The zero-order valence-corrected chi connectivity index (χ0v) is 10.6. The number of ether oxygens (including phenoxy) is 1. The summed E-state index contributed by atoms with van der Waals surface area (Å²) < 4.78 is 5.84. The third-order valence-electron chi connectivity index (χ3n) is 2.79. The van der Waals surface area contributed by atoms with Crippen LogP contribution in [-0.2, 0) is 11.3 Å². The molecule has 1 aliphatic rings. The average Bonchev–Trinajstić information content (AvgIpc) is 2.76. The summed E-state index contributed by atoms with van der Waals surface area (Å²) in [6.45, 7) is 3.56. The summed E-state index contributed by atoms with van der Waals surface area (Å²) in [5.41, 5.74) is 0. The van der Waals surface area contributed by atoms with E-state index in [2.05, 4.69) is 22.4 Å². The van der Waals surface area contributed by atoms with E-state index in [1.165, 1.54) is 32.1 Å². The number of hydrogen-bond acceptors (Lipinski definition) is 5. The smallest absolute Gasteiger partial charge is 0.205 e. The normalized spacial score (nSPS) is 17.6. The first-order valence-electron chi connectivity index (χ1n) is 6.06. The van der Waals surface area contributed by atoms with Gasteiger partial charge in [-0.2, -0.15) is 0 Å². The van der Waals surface area contributed by atoms with Crippen molar-refractivity contribution in [2.45, 2.75) is 51.7 Å². The lowest BCUT2D eigenvalue weighted by Gasteiger charge is -2.21. The van der Waals surface area contributed by atoms with Crippen LogP contribution in [0.2, 0.25) is 0 Å². The minimum absolute atomic E-state index is 0.445. The SMILES string of the molecule is CCNc1nnc(COC2CCCCC2)s1. The highest BCUT2D eigenvalue weighted by Gasteiger charge is 2.14. The van der Waals surface area contributed by atoms with Crippen molar-refractivity contribution in [1.29, 1.82) is 0 Å². The second-order valence-electron chi connectivity index (χ2n) is 4.10. The van der Waals surface area contributed by atoms with Crippen LogP contribution in [0.1, 0.15) is 44.0 Å². The van der Waals surface area contributed by atoms with E-state index in [4.69, 9.17) is 4.74 Å². The molecular formula is C11H19N3OS. The molecule has 0 saturated heterocycles. The van der Waals surface area contributed by atoms with Crippen molar-refractivity contribution >= 4 is 16.5 Å². The minimum atomic E-state index is 0.445. The van der Waals surface area contributed by atoms with Gasteiger partial charge in [0.15, 0.2) is 0 Å². The summed E-state index contributed by atoms with van der Waals surface area (Å²) >= 11 is 1.59. The maximum absolute atomic E-state index is 5.84. The summed E-state index contributed by atoms with van der Waals surface area (Å²) in [6, 6.07) is 0. The Morgan fingerprint density at radius 2 is 2.12 bits per heavy atom. The largest absolute Gasteiger partial charge is 0.371 e. The maximum Gasteiger partial charge on any atom is 0.205 e. The zero-order chi connectivity index (χ0) is 11.2. The van der Waals surface area contributed by atoms with Gasteiger partial charge in [-0.1, -0.05) is 30.6 Å². The average molecular weight is 241 g/mol. The molecule has 4 nitrogen and oxygen atoms in total. The highest BCUT2D eigenvalue weighted by atomic mass is 32.1. The molecule has 0 unspecified atom stereocenters. The monoisotopic (exact) mass is 241 g/mol. The highest BCUT2D eigenvalue weighted by molar-refractivity contribution is 7.15. The Hall–Kier alpha value is -0.680. The number of rotatable bonds is 5. The van der Waals surface area contributed by atoms with Crippen molar-refractivity contribution in [3.05, 3.63) is 5.01 Å². The van der Waals surface area contributed by atoms with Crippen LogP contribution in [0.15, 0.2) is 0 Å². The fourth-order valence-electron chi connectivity index (χ4n) is 1.96. The molecule has 0 amide bonds. The van der Waals surface area contributed by atoms with Crippen LogP contribution in [0.3, 0.4) is 0 Å². The first-order valence-corrected chi connectivity index (χ1v) is 6.88. The molecule has 0 atom stereocenters. The summed E-state index contributed by atoms with van der Waals surface area (Å²) in [4.78, 5) is 0. The molecule has 1 saturated carbocycles. The van der Waals surface area contributed by atoms with Crippen LogP contribution < -0.4 is 5.32 Å². The van der Waals surface area contributed by atoms with Crippen molar-refractivity contribution in [2.24, 2.45) is 0 Å². The van der Waals surface area contributed by atoms with Crippen LogP contribution >= 0.6 is 11.3 Å². The van der Waals surface area contributed by atoms with Crippen LogP contribution in [0, 0.1) is 0 Å². The third kappa shape index (κ3) is 3.42. The quantitative estimate of drug-likeness (QED) is 0.861. The molecule has 1 aliphatic carbocycles. The van der Waals surface area contributed by atoms with Gasteiger partial charge in [-0.25, -0.2) is 0 Å². The minimum Gasteiger partial charge on any atom is -0.371 e. The Labute approximate surface area is 100 Å². The molecule has 5 heteroatoms. The van der Waals surface area contributed by atoms with Gasteiger partial charge in [0.05, 0.1) is 6.10 Å². The number of aromatic nitrogens is 2. The molecule has 2 rings (SSSR count). The molecule has 0 aliphatic heterocycles. The molecule has 0 aromatic carbocycles. The van der Waals surface area contributed by atoms with Gasteiger partial charge in [0.2, 0.25) is 5.13 Å². The first kappa shape index (κ1) is 11.8. The van der Waals surface area contributed by atoms with Crippen molar-refractivity contribution in [3.8, 4) is 0 Å². The maximum atomic E-state index is 5.84. The standard InChI is InChI=1S/C11H19N3OS/c1-2-12-11-14-13-10(16-11)8-15-9-6-4-3-5-7-9/h9H,2-8H2,1H3,(H,12,14). The van der Waals surface area contributed by atoms with Crippen molar-refractivity contribution in [2.75, 3.05) is 11.9 Å². The highest BCUT2D eigenvalue weighted by Crippen LogP contribution is 2.22. The summed E-state index contributed by atoms with van der Waals surface area (Å²) in [5.74, 6) is 0. The lowest BCUT2D eigenvalue weighted by molar-refractivity contribution is 0.0165. The van der Waals surface area contributed by atoms with E-state index in [9.17, 15) is 0 Å². The van der Waals surface area contributed by atoms with Gasteiger partial charge in [-0.3, -0.25) is 0 Å². The molecule has 1 N–H and O–H groups in total. The van der Waals surface area contributed by atoms with E-state index in [-0.39, 0.29) is 0 Å². The predicted octanol–water partition coefficient (Wildman–Crippen LogP) is 2.82. The number of nitrogens with one attached hydrogen (secondary N) is 1. The van der Waals surface area contributed by atoms with Gasteiger partial charge < -0.3 is 10.1 Å². The molecule has 1 aromatic heterocycles. The van der Waals surface area contributed by atoms with Gasteiger partial charge >= 0.3 is 0 Å². The van der Waals surface area contributed by atoms with Gasteiger partial charge in [-0.15, -0.1) is 10.2 Å². The van der Waals surface area contributed by atoms with Crippen molar-refractivity contribution in [1.82, 2.24) is 10.2 Å². The Morgan fingerprint density at radius 3 is 2.88 bits per heavy atom. The van der Waals surface area contributed by atoms with Crippen LogP contribution in [0.4, 0.5) is 5.13 Å². The number of nitrogens with zero attached hydrogens (tertiary/aromatic N) is 2. The van der Waals surface area contributed by atoms with Gasteiger partial charge in [0, 0.05) is 6.54 Å². The van der Waals surface area contributed by atoms with Gasteiger partial charge in [0.1, 0.15) is 11.6 Å². The fourth-order valence-corrected chi connectivity index (χ4v) is 2.69. The Kier molecular flexibility index (Phi) is 4.54. The molecular weight excluding hydrogens is 222 g/mol. The molecule has 0 radical (unpaired) electrons. The molecule has 1 aromatic rings. The Morgan fingerprint density at radius 1 is 1.31 bits per heavy atom. The van der Waals surface area contributed by atoms with E-state index in [1.54, 1.807) is 11.3 Å². The molecule has 0 bridgehead atoms. The number of hydrogen-bond donors (Lipinski definition) is 1. The molecule has 1 fully saturated rings. The fraction of sp³-hybridized carbons (Fsp3) is 0.818. The van der Waals surface area contributed by atoms with E-state index >= 15 is 0 Å². The topological polar surface area (TPSA) is 47.0 Å². The predicted molar refractivity (Wildman–Crippen MR) is 65.7 cm³/mol. The molecule has 0 spiro atoms. The van der Waals surface area contributed by atoms with Gasteiger partial charge in [0.25, 0.3) is 0 Å². The third-order valence-corrected chi connectivity index (χ3v) is 3.64. The van der Waals surface area contributed by atoms with Crippen molar-refractivity contribution < 1.29 is 4.74 Å². The second-order valence-corrected chi connectivity index (χ2v) is 5.16. The lowest BCUT2D eigenvalue weighted by atomic mass is 9.98. The van der Waals surface area contributed by atoms with Crippen LogP contribution in [-0.4, -0.2) is 22.8 Å². The van der Waals surface area contributed by atoms with Crippen molar-refractivity contribution in [3.63, 3.8) is 0 Å². The zero-order valence-electron chi connectivity index (χ0n) is 9.74. The molecule has 16 heavy (non-hydrogen) atoms. The summed E-state index contributed by atoms with van der Waals surface area (Å²) in [6.07, 6.45) is 6.84. The van der Waals surface area contributed by atoms with Gasteiger partial charge in [-0.05, 0) is 19.8 Å². The lowest BCUT2D eigenvalue weighted by Crippen LogP contribution is -2.16. The Balaban J connectivity index is 1.75. The van der Waals surface area contributed by atoms with Crippen LogP contribution in [0.25, 0.3) is 0 Å². The van der Waals surface area contributed by atoms with Crippen LogP contribution in [0.5, 0.6) is 0 Å². The summed E-state index contributed by atoms with van der Waals surface area (Å²) in [5, 5.41) is 13.2. The first-order chi connectivity index (χ1) is 7.88. The second kappa shape index (κ2) is 6.15. The Bertz CT molecular complexity index is 310. The summed E-state index contributed by atoms with van der Waals surface area (Å²) in [7, 11) is 0. The number of anilines is 1.